The molecule has 2 nitrogen and oxygen atoms in total. The summed E-state index contributed by atoms with van der Waals surface area (Å²) in [6, 6.07) is 10.4. The highest BCUT2D eigenvalue weighted by Crippen LogP contribution is 2.42. The second kappa shape index (κ2) is 5.35. The van der Waals surface area contributed by atoms with Crippen LogP contribution in [0.15, 0.2) is 30.3 Å². The number of carbonyl (C=O) groups is 1. The lowest BCUT2D eigenvalue weighted by Crippen LogP contribution is -2.36. The molecule has 0 bridgehead atoms. The van der Waals surface area contributed by atoms with Gasteiger partial charge in [0, 0.05) is 6.04 Å². The van der Waals surface area contributed by atoms with Crippen LogP contribution in [0.1, 0.15) is 44.6 Å². The van der Waals surface area contributed by atoms with Crippen LogP contribution in [0.5, 0.6) is 0 Å². The Morgan fingerprint density at radius 3 is 2.53 bits per heavy atom. The standard InChI is InChI=1S/C15H21NO/c1-3-11(2)16-15(17)14(13-9-10-13)12-7-5-4-6-8-12/h4-8,11,13-14H,3,9-10H2,1-2H3,(H,16,17). The first-order chi connectivity index (χ1) is 8.22. The molecular weight excluding hydrogens is 210 g/mol. The van der Waals surface area contributed by atoms with Crippen LogP contribution < -0.4 is 5.32 Å². The van der Waals surface area contributed by atoms with E-state index in [1.165, 1.54) is 12.8 Å². The van der Waals surface area contributed by atoms with Gasteiger partial charge in [0.2, 0.25) is 5.91 Å². The van der Waals surface area contributed by atoms with Crippen LogP contribution in [-0.2, 0) is 4.79 Å². The molecule has 92 valence electrons. The van der Waals surface area contributed by atoms with Crippen molar-refractivity contribution < 1.29 is 4.79 Å². The van der Waals surface area contributed by atoms with Crippen molar-refractivity contribution in [2.24, 2.45) is 5.92 Å². The molecule has 1 amide bonds. The number of hydrogen-bond donors (Lipinski definition) is 1. The Hall–Kier alpha value is -1.31. The zero-order valence-corrected chi connectivity index (χ0v) is 10.6. The minimum atomic E-state index is 0.0604. The largest absolute Gasteiger partial charge is 0.353 e. The fraction of sp³-hybridized carbons (Fsp3) is 0.533. The summed E-state index contributed by atoms with van der Waals surface area (Å²) < 4.78 is 0. The first-order valence-electron chi connectivity index (χ1n) is 6.57. The normalized spacial score (nSPS) is 18.5. The topological polar surface area (TPSA) is 29.1 Å². The fourth-order valence-corrected chi connectivity index (χ4v) is 2.16. The van der Waals surface area contributed by atoms with Gasteiger partial charge in [-0.25, -0.2) is 0 Å². The van der Waals surface area contributed by atoms with Crippen molar-refractivity contribution in [2.75, 3.05) is 0 Å². The van der Waals surface area contributed by atoms with E-state index in [4.69, 9.17) is 0 Å². The predicted octanol–water partition coefficient (Wildman–Crippen LogP) is 3.09. The maximum absolute atomic E-state index is 12.3. The van der Waals surface area contributed by atoms with E-state index in [2.05, 4.69) is 31.3 Å². The van der Waals surface area contributed by atoms with E-state index in [1.54, 1.807) is 0 Å². The quantitative estimate of drug-likeness (QED) is 0.829. The summed E-state index contributed by atoms with van der Waals surface area (Å²) >= 11 is 0. The first-order valence-corrected chi connectivity index (χ1v) is 6.57. The van der Waals surface area contributed by atoms with Crippen LogP contribution in [0.2, 0.25) is 0 Å². The summed E-state index contributed by atoms with van der Waals surface area (Å²) in [5.74, 6) is 0.819. The SMILES string of the molecule is CCC(C)NC(=O)C(c1ccccc1)C1CC1. The summed E-state index contributed by atoms with van der Waals surface area (Å²) in [4.78, 5) is 12.3. The molecule has 2 unspecified atom stereocenters. The molecule has 1 saturated carbocycles. The highest BCUT2D eigenvalue weighted by Gasteiger charge is 2.37. The van der Waals surface area contributed by atoms with Crippen LogP contribution >= 0.6 is 0 Å². The average molecular weight is 231 g/mol. The molecule has 0 aromatic heterocycles. The van der Waals surface area contributed by atoms with E-state index >= 15 is 0 Å². The summed E-state index contributed by atoms with van der Waals surface area (Å²) in [6.07, 6.45) is 3.36. The molecule has 0 spiro atoms. The summed E-state index contributed by atoms with van der Waals surface area (Å²) in [7, 11) is 0. The molecule has 0 heterocycles. The summed E-state index contributed by atoms with van der Waals surface area (Å²) in [5, 5.41) is 3.11. The number of hydrogen-bond acceptors (Lipinski definition) is 1. The maximum atomic E-state index is 12.3. The second-order valence-electron chi connectivity index (χ2n) is 5.04. The Balaban J connectivity index is 2.10. The monoisotopic (exact) mass is 231 g/mol. The Morgan fingerprint density at radius 2 is 2.00 bits per heavy atom. The third-order valence-corrected chi connectivity index (χ3v) is 3.54. The number of rotatable bonds is 5. The van der Waals surface area contributed by atoms with Gasteiger partial charge in [-0.2, -0.15) is 0 Å². The molecule has 1 aromatic rings. The van der Waals surface area contributed by atoms with Gasteiger partial charge in [-0.05, 0) is 37.7 Å². The van der Waals surface area contributed by atoms with Gasteiger partial charge in [0.25, 0.3) is 0 Å². The number of nitrogens with one attached hydrogen (secondary N) is 1. The van der Waals surface area contributed by atoms with Crippen molar-refractivity contribution in [3.8, 4) is 0 Å². The Labute approximate surface area is 103 Å². The molecule has 1 fully saturated rings. The molecule has 0 aliphatic heterocycles. The van der Waals surface area contributed by atoms with E-state index in [0.29, 0.717) is 5.92 Å². The predicted molar refractivity (Wildman–Crippen MR) is 69.8 cm³/mol. The smallest absolute Gasteiger partial charge is 0.228 e. The van der Waals surface area contributed by atoms with Crippen molar-refractivity contribution in [2.45, 2.75) is 45.1 Å². The molecule has 2 rings (SSSR count). The van der Waals surface area contributed by atoms with Crippen molar-refractivity contribution >= 4 is 5.91 Å². The highest BCUT2D eigenvalue weighted by atomic mass is 16.2. The molecule has 0 radical (unpaired) electrons. The van der Waals surface area contributed by atoms with Crippen LogP contribution in [-0.4, -0.2) is 11.9 Å². The van der Waals surface area contributed by atoms with E-state index in [-0.39, 0.29) is 17.9 Å². The van der Waals surface area contributed by atoms with Gasteiger partial charge in [0.05, 0.1) is 5.92 Å². The Bertz CT molecular complexity index is 370. The minimum absolute atomic E-state index is 0.0604. The second-order valence-corrected chi connectivity index (χ2v) is 5.04. The lowest BCUT2D eigenvalue weighted by molar-refractivity contribution is -0.123. The number of amides is 1. The van der Waals surface area contributed by atoms with Gasteiger partial charge in [0.15, 0.2) is 0 Å². The van der Waals surface area contributed by atoms with Crippen LogP contribution in [0, 0.1) is 5.92 Å². The van der Waals surface area contributed by atoms with Crippen LogP contribution in [0.4, 0.5) is 0 Å². The molecule has 1 N–H and O–H groups in total. The van der Waals surface area contributed by atoms with E-state index in [1.807, 2.05) is 18.2 Å². The van der Waals surface area contributed by atoms with Gasteiger partial charge in [-0.15, -0.1) is 0 Å². The number of carbonyl (C=O) groups excluding carboxylic acids is 1. The molecule has 1 aromatic carbocycles. The fourth-order valence-electron chi connectivity index (χ4n) is 2.16. The van der Waals surface area contributed by atoms with Crippen molar-refractivity contribution in [3.63, 3.8) is 0 Å². The lowest BCUT2D eigenvalue weighted by Gasteiger charge is -2.19. The third kappa shape index (κ3) is 3.09. The molecule has 2 atom stereocenters. The average Bonchev–Trinajstić information content (AvgIpc) is 3.15. The Morgan fingerprint density at radius 1 is 1.35 bits per heavy atom. The first kappa shape index (κ1) is 12.2. The van der Waals surface area contributed by atoms with Gasteiger partial charge in [-0.1, -0.05) is 37.3 Å². The number of benzene rings is 1. The zero-order valence-electron chi connectivity index (χ0n) is 10.6. The minimum Gasteiger partial charge on any atom is -0.353 e. The summed E-state index contributed by atoms with van der Waals surface area (Å²) in [5.41, 5.74) is 1.16. The Kier molecular flexibility index (Phi) is 3.82. The lowest BCUT2D eigenvalue weighted by atomic mass is 9.93. The molecule has 1 aliphatic carbocycles. The molecule has 1 aliphatic rings. The van der Waals surface area contributed by atoms with E-state index in [9.17, 15) is 4.79 Å². The van der Waals surface area contributed by atoms with E-state index < -0.39 is 0 Å². The van der Waals surface area contributed by atoms with E-state index in [0.717, 1.165) is 12.0 Å². The maximum Gasteiger partial charge on any atom is 0.228 e. The van der Waals surface area contributed by atoms with Crippen molar-refractivity contribution in [3.05, 3.63) is 35.9 Å². The van der Waals surface area contributed by atoms with Crippen LogP contribution in [0.3, 0.4) is 0 Å². The van der Waals surface area contributed by atoms with Gasteiger partial charge in [-0.3, -0.25) is 4.79 Å². The zero-order chi connectivity index (χ0) is 12.3. The molecular formula is C15H21NO. The van der Waals surface area contributed by atoms with Crippen LogP contribution in [0.25, 0.3) is 0 Å². The molecule has 0 saturated heterocycles. The highest BCUT2D eigenvalue weighted by molar-refractivity contribution is 5.84. The van der Waals surface area contributed by atoms with Gasteiger partial charge >= 0.3 is 0 Å². The summed E-state index contributed by atoms with van der Waals surface area (Å²) in [6.45, 7) is 4.16. The van der Waals surface area contributed by atoms with Gasteiger partial charge in [0.1, 0.15) is 0 Å². The van der Waals surface area contributed by atoms with Gasteiger partial charge < -0.3 is 5.32 Å². The third-order valence-electron chi connectivity index (χ3n) is 3.54. The van der Waals surface area contributed by atoms with Crippen molar-refractivity contribution in [1.29, 1.82) is 0 Å². The molecule has 2 heteroatoms. The molecule has 17 heavy (non-hydrogen) atoms. The van der Waals surface area contributed by atoms with Crippen molar-refractivity contribution in [1.82, 2.24) is 5.32 Å².